The third-order valence-electron chi connectivity index (χ3n) is 7.69. The number of phenolic OH excluding ortho intramolecular Hbond substituents is 1. The number of phenols is 1. The molecular weight excluding hydrogens is 604 g/mol. The Labute approximate surface area is 254 Å². The zero-order chi connectivity index (χ0) is 32.6. The number of benzene rings is 2. The lowest BCUT2D eigenvalue weighted by Crippen LogP contribution is -2.65. The van der Waals surface area contributed by atoms with Gasteiger partial charge in [-0.2, -0.15) is 0 Å². The summed E-state index contributed by atoms with van der Waals surface area (Å²) in [6.07, 6.45) is -17.1. The van der Waals surface area contributed by atoms with Gasteiger partial charge >= 0.3 is 0 Å². The lowest BCUT2D eigenvalue weighted by Gasteiger charge is -2.45. The first-order chi connectivity index (χ1) is 21.5. The summed E-state index contributed by atoms with van der Waals surface area (Å²) in [5, 5.41) is 82.2. The number of aliphatic hydroxyl groups excluding tert-OH is 7. The minimum absolute atomic E-state index is 0.0648. The molecule has 0 aliphatic carbocycles. The van der Waals surface area contributed by atoms with Crippen LogP contribution in [0.15, 0.2) is 45.6 Å². The minimum Gasteiger partial charge on any atom is -0.507 e. The molecule has 2 fully saturated rings. The lowest BCUT2D eigenvalue weighted by atomic mass is 9.97. The summed E-state index contributed by atoms with van der Waals surface area (Å²) in [6.45, 7) is -1.55. The van der Waals surface area contributed by atoms with Crippen LogP contribution in [0, 0.1) is 0 Å². The Morgan fingerprint density at radius 3 is 2.00 bits per heavy atom. The molecule has 2 aliphatic heterocycles. The van der Waals surface area contributed by atoms with Crippen LogP contribution in [0.4, 0.5) is 0 Å². The van der Waals surface area contributed by atoms with Crippen LogP contribution < -0.4 is 19.6 Å². The molecule has 16 heteroatoms. The standard InChI is InChI=1S/C29H34O16/c1-39-12-5-3-11(4-6-12)15-7-13(32)19-14(33)8-16(40-2)25(26(19)41-15)44-29-27(23(37)21(35)18(10-31)43-29)45-28-24(38)22(36)20(34)17(9-30)42-28/h3-8,17-18,20-24,27-31,33-38H,9-10H2,1-2H3/t17-,18-,20-,21-,22+,23+,24-,27-,28+,29+/m1/s1. The van der Waals surface area contributed by atoms with Crippen LogP contribution in [0.3, 0.4) is 0 Å². The highest BCUT2D eigenvalue weighted by Crippen LogP contribution is 2.43. The Kier molecular flexibility index (Phi) is 9.80. The number of methoxy groups -OCH3 is 2. The molecule has 0 spiro atoms. The number of hydrogen-bond donors (Lipinski definition) is 8. The highest BCUT2D eigenvalue weighted by atomic mass is 16.8. The third-order valence-corrected chi connectivity index (χ3v) is 7.69. The van der Waals surface area contributed by atoms with Gasteiger partial charge in [0.05, 0.1) is 27.4 Å². The van der Waals surface area contributed by atoms with Crippen molar-refractivity contribution in [1.82, 2.24) is 0 Å². The molecule has 16 nitrogen and oxygen atoms in total. The Morgan fingerprint density at radius 1 is 0.778 bits per heavy atom. The van der Waals surface area contributed by atoms with Crippen molar-refractivity contribution in [2.75, 3.05) is 27.4 Å². The highest BCUT2D eigenvalue weighted by molar-refractivity contribution is 5.91. The Bertz CT molecular complexity index is 1520. The van der Waals surface area contributed by atoms with Crippen molar-refractivity contribution < 1.29 is 73.7 Å². The second-order valence-corrected chi connectivity index (χ2v) is 10.5. The SMILES string of the molecule is COc1ccc(-c2cc(=O)c3c(O)cc(OC)c(O[C@@H]4O[C@H](CO)[C@@H](O)[C@H](O)[C@H]4O[C@@H]4O[C@H](CO)[C@@H](O)[C@H](O)[C@H]4O)c3o2)cc1. The van der Waals surface area contributed by atoms with Crippen LogP contribution in [0.2, 0.25) is 0 Å². The fourth-order valence-corrected chi connectivity index (χ4v) is 5.18. The number of ether oxygens (including phenoxy) is 6. The Balaban J connectivity index is 1.58. The number of hydrogen-bond acceptors (Lipinski definition) is 16. The summed E-state index contributed by atoms with van der Waals surface area (Å²) in [7, 11) is 2.72. The number of rotatable bonds is 9. The van der Waals surface area contributed by atoms with E-state index in [1.807, 2.05) is 0 Å². The zero-order valence-corrected chi connectivity index (χ0v) is 24.0. The summed E-state index contributed by atoms with van der Waals surface area (Å²) in [5.41, 5.74) is -0.504. The molecule has 8 N–H and O–H groups in total. The molecule has 2 aromatic carbocycles. The molecule has 0 amide bonds. The minimum atomic E-state index is -1.89. The van der Waals surface area contributed by atoms with E-state index in [1.54, 1.807) is 24.3 Å². The first-order valence-electron chi connectivity index (χ1n) is 13.8. The van der Waals surface area contributed by atoms with Crippen molar-refractivity contribution in [3.63, 3.8) is 0 Å². The van der Waals surface area contributed by atoms with Crippen molar-refractivity contribution in [3.05, 3.63) is 46.6 Å². The Morgan fingerprint density at radius 2 is 1.40 bits per heavy atom. The molecule has 1 aromatic heterocycles. The van der Waals surface area contributed by atoms with Crippen molar-refractivity contribution in [2.24, 2.45) is 0 Å². The monoisotopic (exact) mass is 638 g/mol. The molecule has 0 bridgehead atoms. The molecule has 10 atom stereocenters. The molecule has 5 rings (SSSR count). The summed E-state index contributed by atoms with van der Waals surface area (Å²) < 4.78 is 39.4. The van der Waals surface area contributed by atoms with E-state index < -0.39 is 85.8 Å². The fraction of sp³-hybridized carbons (Fsp3) is 0.483. The van der Waals surface area contributed by atoms with Gasteiger partial charge in [-0.05, 0) is 24.3 Å². The van der Waals surface area contributed by atoms with E-state index in [1.165, 1.54) is 14.2 Å². The van der Waals surface area contributed by atoms with Gasteiger partial charge in [-0.1, -0.05) is 0 Å². The second kappa shape index (κ2) is 13.4. The summed E-state index contributed by atoms with van der Waals surface area (Å²) in [6, 6.07) is 8.76. The number of aliphatic hydroxyl groups is 7. The van der Waals surface area contributed by atoms with E-state index in [4.69, 9.17) is 32.8 Å². The first kappa shape index (κ1) is 32.8. The van der Waals surface area contributed by atoms with Gasteiger partial charge in [0.2, 0.25) is 12.0 Å². The van der Waals surface area contributed by atoms with Crippen molar-refractivity contribution in [3.8, 4) is 34.3 Å². The summed E-state index contributed by atoms with van der Waals surface area (Å²) in [4.78, 5) is 13.2. The quantitative estimate of drug-likeness (QED) is 0.129. The molecule has 2 aliphatic rings. The molecule has 45 heavy (non-hydrogen) atoms. The van der Waals surface area contributed by atoms with Crippen LogP contribution in [0.25, 0.3) is 22.3 Å². The maximum Gasteiger partial charge on any atom is 0.230 e. The average molecular weight is 639 g/mol. The van der Waals surface area contributed by atoms with Crippen LogP contribution in [0.1, 0.15) is 0 Å². The lowest BCUT2D eigenvalue weighted by molar-refractivity contribution is -0.357. The molecule has 2 saturated heterocycles. The zero-order valence-electron chi connectivity index (χ0n) is 24.0. The van der Waals surface area contributed by atoms with Gasteiger partial charge in [-0.25, -0.2) is 0 Å². The molecule has 3 heterocycles. The maximum atomic E-state index is 13.2. The van der Waals surface area contributed by atoms with Crippen molar-refractivity contribution >= 4 is 11.0 Å². The van der Waals surface area contributed by atoms with E-state index in [9.17, 15) is 45.6 Å². The van der Waals surface area contributed by atoms with Crippen LogP contribution in [0.5, 0.6) is 23.0 Å². The van der Waals surface area contributed by atoms with Crippen LogP contribution >= 0.6 is 0 Å². The third kappa shape index (κ3) is 6.17. The van der Waals surface area contributed by atoms with E-state index >= 15 is 0 Å². The van der Waals surface area contributed by atoms with Gasteiger partial charge < -0.3 is 73.7 Å². The normalized spacial score (nSPS) is 31.9. The Hall–Kier alpha value is -3.55. The molecule has 0 saturated carbocycles. The number of aromatic hydroxyl groups is 1. The van der Waals surface area contributed by atoms with Crippen molar-refractivity contribution in [1.29, 1.82) is 0 Å². The molecule has 3 aromatic rings. The second-order valence-electron chi connectivity index (χ2n) is 10.5. The summed E-state index contributed by atoms with van der Waals surface area (Å²) >= 11 is 0. The van der Waals surface area contributed by atoms with E-state index in [-0.39, 0.29) is 28.2 Å². The predicted octanol–water partition coefficient (Wildman–Crippen LogP) is -1.81. The van der Waals surface area contributed by atoms with E-state index in [0.717, 1.165) is 12.1 Å². The predicted molar refractivity (Wildman–Crippen MR) is 150 cm³/mol. The van der Waals surface area contributed by atoms with Gasteiger partial charge in [0.1, 0.15) is 65.4 Å². The van der Waals surface area contributed by atoms with Crippen LogP contribution in [-0.4, -0.2) is 130 Å². The van der Waals surface area contributed by atoms with Gasteiger partial charge in [0.25, 0.3) is 0 Å². The first-order valence-corrected chi connectivity index (χ1v) is 13.8. The van der Waals surface area contributed by atoms with Gasteiger partial charge in [-0.3, -0.25) is 4.79 Å². The smallest absolute Gasteiger partial charge is 0.230 e. The largest absolute Gasteiger partial charge is 0.507 e. The average Bonchev–Trinajstić information content (AvgIpc) is 3.04. The van der Waals surface area contributed by atoms with Crippen molar-refractivity contribution in [2.45, 2.75) is 61.4 Å². The van der Waals surface area contributed by atoms with Gasteiger partial charge in [-0.15, -0.1) is 0 Å². The number of fused-ring (bicyclic) bond motifs is 1. The molecule has 0 radical (unpaired) electrons. The maximum absolute atomic E-state index is 13.2. The highest BCUT2D eigenvalue weighted by Gasteiger charge is 2.51. The van der Waals surface area contributed by atoms with Crippen LogP contribution in [-0.2, 0) is 14.2 Å². The van der Waals surface area contributed by atoms with E-state index in [0.29, 0.717) is 11.3 Å². The summed E-state index contributed by atoms with van der Waals surface area (Å²) in [5.74, 6) is -0.372. The fourth-order valence-electron chi connectivity index (χ4n) is 5.18. The molecular formula is C29H34O16. The topological polar surface area (TPSA) is 247 Å². The molecule has 246 valence electrons. The molecule has 0 unspecified atom stereocenters. The van der Waals surface area contributed by atoms with E-state index in [2.05, 4.69) is 0 Å². The van der Waals surface area contributed by atoms with Gasteiger partial charge in [0, 0.05) is 17.7 Å². The van der Waals surface area contributed by atoms with Gasteiger partial charge in [0.15, 0.2) is 29.2 Å².